The van der Waals surface area contributed by atoms with Crippen molar-refractivity contribution >= 4 is 64.1 Å². The topological polar surface area (TPSA) is 125 Å². The number of likely N-dealkylation sites (N-methyl/N-ethyl adjacent to an activating group) is 1. The maximum atomic E-state index is 13.5. The minimum Gasteiger partial charge on any atom is -0.482 e. The van der Waals surface area contributed by atoms with Crippen LogP contribution < -0.4 is 25.6 Å². The van der Waals surface area contributed by atoms with Crippen LogP contribution in [0, 0.1) is 0 Å². The van der Waals surface area contributed by atoms with Crippen LogP contribution in [0.1, 0.15) is 0 Å². The molecule has 16 heteroatoms. The molecular weight excluding hydrogens is 654 g/mol. The molecule has 6 aromatic rings. The molecule has 4 aromatic heterocycles. The van der Waals surface area contributed by atoms with Gasteiger partial charge >= 0.3 is 6.18 Å². The maximum absolute atomic E-state index is 13.5. The molecule has 0 aliphatic carbocycles. The van der Waals surface area contributed by atoms with Crippen LogP contribution in [0.25, 0.3) is 33.2 Å². The molecule has 1 fully saturated rings. The van der Waals surface area contributed by atoms with Gasteiger partial charge in [0.15, 0.2) is 6.61 Å². The van der Waals surface area contributed by atoms with E-state index in [2.05, 4.69) is 58.8 Å². The van der Waals surface area contributed by atoms with E-state index in [4.69, 9.17) is 9.72 Å². The van der Waals surface area contributed by atoms with Gasteiger partial charge in [0.2, 0.25) is 5.95 Å². The van der Waals surface area contributed by atoms with E-state index in [1.54, 1.807) is 41.6 Å². The fourth-order valence-electron chi connectivity index (χ4n) is 5.96. The van der Waals surface area contributed by atoms with E-state index in [0.717, 1.165) is 57.3 Å². The number of alkyl halides is 3. The number of ether oxygens (including phenoxy) is 1. The van der Waals surface area contributed by atoms with Gasteiger partial charge in [-0.3, -0.25) is 14.6 Å². The molecule has 0 saturated carbocycles. The Balaban J connectivity index is 1.32. The molecule has 0 unspecified atom stereocenters. The highest BCUT2D eigenvalue weighted by molar-refractivity contribution is 7.65. The molecule has 3 N–H and O–H groups in total. The number of aromatic nitrogens is 7. The average Bonchev–Trinajstić information content (AvgIpc) is 3.73. The van der Waals surface area contributed by atoms with E-state index >= 15 is 0 Å². The van der Waals surface area contributed by atoms with E-state index in [1.807, 2.05) is 38.5 Å². The second-order valence-electron chi connectivity index (χ2n) is 12.1. The number of halogens is 3. The number of benzene rings is 2. The number of nitrogens with zero attached hydrogens (tertiary/aromatic N) is 8. The number of anilines is 5. The van der Waals surface area contributed by atoms with Crippen LogP contribution in [0.15, 0.2) is 61.3 Å². The lowest BCUT2D eigenvalue weighted by atomic mass is 10.0. The zero-order valence-electron chi connectivity index (χ0n) is 27.4. The van der Waals surface area contributed by atoms with Gasteiger partial charge in [0, 0.05) is 91.9 Å². The van der Waals surface area contributed by atoms with E-state index in [9.17, 15) is 13.2 Å². The fourth-order valence-corrected chi connectivity index (χ4v) is 7.17. The molecule has 1 aliphatic heterocycles. The van der Waals surface area contributed by atoms with Gasteiger partial charge in [-0.2, -0.15) is 28.2 Å². The Bertz CT molecular complexity index is 2120. The number of aryl methyl sites for hydroxylation is 1. The Morgan fingerprint density at radius 1 is 0.959 bits per heavy atom. The third-order valence-corrected chi connectivity index (χ3v) is 9.67. The van der Waals surface area contributed by atoms with Gasteiger partial charge in [-0.15, -0.1) is 0 Å². The Hall–Kier alpha value is -5.01. The van der Waals surface area contributed by atoms with Crippen molar-refractivity contribution in [2.75, 3.05) is 68.7 Å². The van der Waals surface area contributed by atoms with Crippen LogP contribution in [0.4, 0.5) is 42.0 Å². The first-order valence-corrected chi connectivity index (χ1v) is 17.9. The lowest BCUT2D eigenvalue weighted by Gasteiger charge is -2.35. The largest absolute Gasteiger partial charge is 0.482 e. The molecule has 5 heterocycles. The zero-order chi connectivity index (χ0) is 34.3. The van der Waals surface area contributed by atoms with Crippen LogP contribution in [0.2, 0.25) is 0 Å². The molecule has 1 aliphatic rings. The van der Waals surface area contributed by atoms with Crippen molar-refractivity contribution in [3.05, 3.63) is 61.3 Å². The van der Waals surface area contributed by atoms with Gasteiger partial charge < -0.3 is 30.2 Å². The van der Waals surface area contributed by atoms with Crippen molar-refractivity contribution in [2.24, 2.45) is 7.05 Å². The number of nitrogens with one attached hydrogen (secondary N) is 3. The normalized spacial score (nSPS) is 14.2. The van der Waals surface area contributed by atoms with Crippen molar-refractivity contribution in [1.82, 2.24) is 39.6 Å². The minimum absolute atomic E-state index is 0.0292. The standard InChI is InChI=1S/C33H35F3N11OP/c1-45-11-13-47(14-12-45)26-16-27(48-19-33(34,35)36)25(15-22(26)20-17-40-46(2)18-20)42-32-43-30-21(7-8-39-30)31(44-32)41-24-6-5-23-28(29(24)49(3)4)38-10-9-37-23/h5-10,15-18H,11-14,19H2,1-4H3,(H3,39,41,42,43,44). The van der Waals surface area contributed by atoms with Gasteiger partial charge in [0.25, 0.3) is 0 Å². The lowest BCUT2D eigenvalue weighted by Crippen LogP contribution is -2.44. The Kier molecular flexibility index (Phi) is 8.72. The molecule has 12 nitrogen and oxygen atoms in total. The first-order valence-electron chi connectivity index (χ1n) is 15.6. The highest BCUT2D eigenvalue weighted by atomic mass is 31.1. The van der Waals surface area contributed by atoms with Gasteiger partial charge in [-0.25, -0.2) is 0 Å². The number of hydrogen-bond donors (Lipinski definition) is 3. The molecule has 0 radical (unpaired) electrons. The van der Waals surface area contributed by atoms with Crippen molar-refractivity contribution in [3.63, 3.8) is 0 Å². The average molecular weight is 690 g/mol. The van der Waals surface area contributed by atoms with Crippen LogP contribution in [-0.4, -0.2) is 98.9 Å². The quantitative estimate of drug-likeness (QED) is 0.159. The minimum atomic E-state index is -4.54. The molecule has 49 heavy (non-hydrogen) atoms. The van der Waals surface area contributed by atoms with Crippen molar-refractivity contribution in [1.29, 1.82) is 0 Å². The second-order valence-corrected chi connectivity index (χ2v) is 14.4. The maximum Gasteiger partial charge on any atom is 0.422 e. The Morgan fingerprint density at radius 2 is 1.76 bits per heavy atom. The van der Waals surface area contributed by atoms with Crippen molar-refractivity contribution in [2.45, 2.75) is 6.18 Å². The molecule has 0 amide bonds. The Morgan fingerprint density at radius 3 is 2.49 bits per heavy atom. The first-order chi connectivity index (χ1) is 23.5. The van der Waals surface area contributed by atoms with Crippen molar-refractivity contribution in [3.8, 4) is 16.9 Å². The molecule has 7 rings (SSSR count). The summed E-state index contributed by atoms with van der Waals surface area (Å²) >= 11 is 0. The molecule has 2 aromatic carbocycles. The summed E-state index contributed by atoms with van der Waals surface area (Å²) in [4.78, 5) is 26.1. The predicted octanol–water partition coefficient (Wildman–Crippen LogP) is 5.85. The van der Waals surface area contributed by atoms with Gasteiger partial charge in [0.05, 0.1) is 28.3 Å². The zero-order valence-corrected chi connectivity index (χ0v) is 28.3. The van der Waals surface area contributed by atoms with E-state index in [0.29, 0.717) is 24.6 Å². The highest BCUT2D eigenvalue weighted by Crippen LogP contribution is 2.42. The van der Waals surface area contributed by atoms with Crippen LogP contribution in [-0.2, 0) is 7.05 Å². The first kappa shape index (κ1) is 32.5. The van der Waals surface area contributed by atoms with Gasteiger partial charge in [0.1, 0.15) is 17.2 Å². The summed E-state index contributed by atoms with van der Waals surface area (Å²) in [7, 11) is 3.27. The Labute approximate surface area is 281 Å². The smallest absolute Gasteiger partial charge is 0.422 e. The predicted molar refractivity (Wildman–Crippen MR) is 188 cm³/mol. The van der Waals surface area contributed by atoms with Crippen LogP contribution >= 0.6 is 7.92 Å². The summed E-state index contributed by atoms with van der Waals surface area (Å²) in [6, 6.07) is 9.19. The summed E-state index contributed by atoms with van der Waals surface area (Å²) < 4.78 is 47.7. The summed E-state index contributed by atoms with van der Waals surface area (Å²) in [5.41, 5.74) is 5.63. The van der Waals surface area contributed by atoms with E-state index in [-0.39, 0.29) is 17.4 Å². The number of fused-ring (bicyclic) bond motifs is 2. The fraction of sp³-hybridized carbons (Fsp3) is 0.303. The SMILES string of the molecule is CN1CCN(c2cc(OCC(F)(F)F)c(Nc3nc(Nc4ccc5nccnc5c4P(C)C)c4cc[nH]c4n3)cc2-c2cnn(C)c2)CC1. The third kappa shape index (κ3) is 6.94. The molecule has 0 atom stereocenters. The number of rotatable bonds is 9. The summed E-state index contributed by atoms with van der Waals surface area (Å²) in [5.74, 6) is 0.701. The van der Waals surface area contributed by atoms with E-state index < -0.39 is 20.7 Å². The highest BCUT2D eigenvalue weighted by Gasteiger charge is 2.30. The monoisotopic (exact) mass is 689 g/mol. The second kappa shape index (κ2) is 13.1. The summed E-state index contributed by atoms with van der Waals surface area (Å²) in [5, 5.41) is 12.8. The number of hydrogen-bond acceptors (Lipinski definition) is 10. The molecule has 1 saturated heterocycles. The molecule has 0 bridgehead atoms. The van der Waals surface area contributed by atoms with Gasteiger partial charge in [-0.1, -0.05) is 7.92 Å². The lowest BCUT2D eigenvalue weighted by molar-refractivity contribution is -0.153. The van der Waals surface area contributed by atoms with Crippen molar-refractivity contribution < 1.29 is 17.9 Å². The van der Waals surface area contributed by atoms with Crippen LogP contribution in [0.5, 0.6) is 5.75 Å². The molecule has 0 spiro atoms. The number of piperazine rings is 1. The molecular formula is C33H35F3N11OP. The number of H-pyrrole nitrogens is 1. The number of aromatic amines is 1. The van der Waals surface area contributed by atoms with Gasteiger partial charge in [-0.05, 0) is 44.6 Å². The van der Waals surface area contributed by atoms with E-state index in [1.165, 1.54) is 0 Å². The summed E-state index contributed by atoms with van der Waals surface area (Å²) in [6.45, 7) is 5.88. The third-order valence-electron chi connectivity index (χ3n) is 8.33. The van der Waals surface area contributed by atoms with Crippen LogP contribution in [0.3, 0.4) is 0 Å². The summed E-state index contributed by atoms with van der Waals surface area (Å²) in [6.07, 6.45) is 4.18. The molecule has 254 valence electrons.